The van der Waals surface area contributed by atoms with Gasteiger partial charge in [0.15, 0.2) is 0 Å². The fourth-order valence-electron chi connectivity index (χ4n) is 2.88. The zero-order valence-electron chi connectivity index (χ0n) is 11.8. The highest BCUT2D eigenvalue weighted by Gasteiger charge is 2.32. The Morgan fingerprint density at radius 3 is 2.55 bits per heavy atom. The highest BCUT2D eigenvalue weighted by molar-refractivity contribution is 5.77. The molecule has 110 valence electrons. The molecule has 1 fully saturated rings. The zero-order valence-corrected chi connectivity index (χ0v) is 11.8. The van der Waals surface area contributed by atoms with Crippen LogP contribution in [-0.2, 0) is 11.2 Å². The topological polar surface area (TPSA) is 69.6 Å². The lowest BCUT2D eigenvalue weighted by Gasteiger charge is -2.36. The molecule has 0 aliphatic heterocycles. The fraction of sp³-hybridized carbons (Fsp3) is 0.562. The number of hydrogen-bond donors (Lipinski definition) is 3. The summed E-state index contributed by atoms with van der Waals surface area (Å²) in [5.41, 5.74) is 0.359. The molecule has 1 saturated carbocycles. The van der Waals surface area contributed by atoms with E-state index < -0.39 is 5.54 Å². The minimum absolute atomic E-state index is 0.00925. The summed E-state index contributed by atoms with van der Waals surface area (Å²) in [7, 11) is 0. The number of benzene rings is 1. The quantitative estimate of drug-likeness (QED) is 0.772. The zero-order chi connectivity index (χ0) is 14.4. The molecule has 0 spiro atoms. The summed E-state index contributed by atoms with van der Waals surface area (Å²) >= 11 is 0. The molecule has 0 unspecified atom stereocenters. The Morgan fingerprint density at radius 1 is 1.20 bits per heavy atom. The first kappa shape index (κ1) is 14.9. The van der Waals surface area contributed by atoms with Gasteiger partial charge in [0, 0.05) is 6.42 Å². The Morgan fingerprint density at radius 2 is 1.90 bits per heavy atom. The molecular formula is C16H23NO3. The first-order valence-corrected chi connectivity index (χ1v) is 7.34. The number of amides is 1. The molecule has 0 saturated heterocycles. The molecule has 4 heteroatoms. The van der Waals surface area contributed by atoms with E-state index in [0.29, 0.717) is 12.8 Å². The van der Waals surface area contributed by atoms with Crippen molar-refractivity contribution in [3.63, 3.8) is 0 Å². The van der Waals surface area contributed by atoms with Crippen LogP contribution in [0, 0.1) is 0 Å². The molecule has 2 rings (SSSR count). The number of phenolic OH excluding ortho intramolecular Hbond substituents is 1. The number of aliphatic hydroxyl groups is 1. The second-order valence-corrected chi connectivity index (χ2v) is 5.68. The van der Waals surface area contributed by atoms with E-state index in [0.717, 1.165) is 31.2 Å². The second-order valence-electron chi connectivity index (χ2n) is 5.68. The Bertz CT molecular complexity index is 453. The van der Waals surface area contributed by atoms with Crippen molar-refractivity contribution in [1.82, 2.24) is 5.32 Å². The molecule has 0 bridgehead atoms. The van der Waals surface area contributed by atoms with Gasteiger partial charge in [-0.05, 0) is 30.9 Å². The van der Waals surface area contributed by atoms with Crippen molar-refractivity contribution in [2.45, 2.75) is 50.5 Å². The number of carbonyl (C=O) groups excluding carboxylic acids is 1. The maximum atomic E-state index is 12.1. The van der Waals surface area contributed by atoms with Crippen molar-refractivity contribution in [1.29, 1.82) is 0 Å². The van der Waals surface area contributed by atoms with Crippen molar-refractivity contribution in [3.05, 3.63) is 29.8 Å². The lowest BCUT2D eigenvalue weighted by Crippen LogP contribution is -2.52. The van der Waals surface area contributed by atoms with Gasteiger partial charge >= 0.3 is 0 Å². The van der Waals surface area contributed by atoms with Crippen molar-refractivity contribution in [2.75, 3.05) is 6.61 Å². The average molecular weight is 277 g/mol. The monoisotopic (exact) mass is 277 g/mol. The fourth-order valence-corrected chi connectivity index (χ4v) is 2.88. The van der Waals surface area contributed by atoms with E-state index in [9.17, 15) is 15.0 Å². The maximum absolute atomic E-state index is 12.1. The molecule has 1 aromatic carbocycles. The van der Waals surface area contributed by atoms with Crippen molar-refractivity contribution in [3.8, 4) is 5.75 Å². The third-order valence-electron chi connectivity index (χ3n) is 4.13. The van der Waals surface area contributed by atoms with Gasteiger partial charge < -0.3 is 15.5 Å². The molecular weight excluding hydrogens is 254 g/mol. The minimum Gasteiger partial charge on any atom is -0.508 e. The van der Waals surface area contributed by atoms with E-state index in [4.69, 9.17) is 0 Å². The first-order chi connectivity index (χ1) is 9.65. The summed E-state index contributed by atoms with van der Waals surface area (Å²) in [6.07, 6.45) is 5.84. The van der Waals surface area contributed by atoms with Crippen LogP contribution < -0.4 is 5.32 Å². The van der Waals surface area contributed by atoms with Crippen LogP contribution in [-0.4, -0.2) is 28.3 Å². The Hall–Kier alpha value is -1.55. The van der Waals surface area contributed by atoms with Gasteiger partial charge in [-0.15, -0.1) is 0 Å². The molecule has 1 aromatic rings. The van der Waals surface area contributed by atoms with Crippen LogP contribution >= 0.6 is 0 Å². The normalized spacial score (nSPS) is 17.6. The number of aryl methyl sites for hydroxylation is 1. The van der Waals surface area contributed by atoms with Gasteiger partial charge in [0.1, 0.15) is 5.75 Å². The van der Waals surface area contributed by atoms with E-state index in [1.165, 1.54) is 6.42 Å². The molecule has 0 atom stereocenters. The molecule has 4 nitrogen and oxygen atoms in total. The van der Waals surface area contributed by atoms with Gasteiger partial charge in [-0.25, -0.2) is 0 Å². The van der Waals surface area contributed by atoms with Crippen LogP contribution in [0.2, 0.25) is 0 Å². The number of carbonyl (C=O) groups is 1. The SMILES string of the molecule is O=C(CCc1ccccc1O)NC1(CO)CCCCC1. The van der Waals surface area contributed by atoms with Gasteiger partial charge in [-0.2, -0.15) is 0 Å². The van der Waals surface area contributed by atoms with Gasteiger partial charge in [0.05, 0.1) is 12.1 Å². The number of rotatable bonds is 5. The molecule has 1 amide bonds. The lowest BCUT2D eigenvalue weighted by atomic mass is 9.82. The molecule has 1 aliphatic carbocycles. The lowest BCUT2D eigenvalue weighted by molar-refractivity contribution is -0.124. The summed E-state index contributed by atoms with van der Waals surface area (Å²) in [6, 6.07) is 7.07. The number of phenols is 1. The maximum Gasteiger partial charge on any atom is 0.220 e. The summed E-state index contributed by atoms with van der Waals surface area (Å²) in [6.45, 7) is 0.00925. The first-order valence-electron chi connectivity index (χ1n) is 7.34. The van der Waals surface area contributed by atoms with E-state index in [-0.39, 0.29) is 18.3 Å². The molecule has 1 aliphatic rings. The molecule has 20 heavy (non-hydrogen) atoms. The van der Waals surface area contributed by atoms with Crippen LogP contribution in [0.5, 0.6) is 5.75 Å². The van der Waals surface area contributed by atoms with E-state index in [1.807, 2.05) is 12.1 Å². The van der Waals surface area contributed by atoms with Crippen molar-refractivity contribution >= 4 is 5.91 Å². The second kappa shape index (κ2) is 6.75. The average Bonchev–Trinajstić information content (AvgIpc) is 2.47. The third-order valence-corrected chi connectivity index (χ3v) is 4.13. The standard InChI is InChI=1S/C16H23NO3/c18-12-16(10-4-1-5-11-16)17-15(20)9-8-13-6-2-3-7-14(13)19/h2-3,6-7,18-19H,1,4-5,8-12H2,(H,17,20). The van der Waals surface area contributed by atoms with Gasteiger partial charge in [0.2, 0.25) is 5.91 Å². The van der Waals surface area contributed by atoms with Crippen LogP contribution in [0.25, 0.3) is 0 Å². The summed E-state index contributed by atoms with van der Waals surface area (Å²) in [5.74, 6) is 0.180. The van der Waals surface area contributed by atoms with Crippen LogP contribution in [0.3, 0.4) is 0 Å². The smallest absolute Gasteiger partial charge is 0.220 e. The molecule has 0 aromatic heterocycles. The van der Waals surface area contributed by atoms with E-state index in [2.05, 4.69) is 5.32 Å². The Labute approximate surface area is 119 Å². The van der Waals surface area contributed by atoms with Crippen molar-refractivity contribution in [2.24, 2.45) is 0 Å². The minimum atomic E-state index is -0.423. The highest BCUT2D eigenvalue weighted by Crippen LogP contribution is 2.28. The molecule has 3 N–H and O–H groups in total. The Balaban J connectivity index is 1.87. The summed E-state index contributed by atoms with van der Waals surface area (Å²) in [4.78, 5) is 12.1. The summed E-state index contributed by atoms with van der Waals surface area (Å²) in [5, 5.41) is 22.2. The number of nitrogens with one attached hydrogen (secondary N) is 1. The Kier molecular flexibility index (Phi) is 5.01. The van der Waals surface area contributed by atoms with Crippen LogP contribution in [0.15, 0.2) is 24.3 Å². The van der Waals surface area contributed by atoms with Gasteiger partial charge in [-0.1, -0.05) is 37.5 Å². The summed E-state index contributed by atoms with van der Waals surface area (Å²) < 4.78 is 0. The predicted octanol–water partition coefficient (Wildman–Crippen LogP) is 2.14. The van der Waals surface area contributed by atoms with Crippen LogP contribution in [0.4, 0.5) is 0 Å². The van der Waals surface area contributed by atoms with Gasteiger partial charge in [-0.3, -0.25) is 4.79 Å². The molecule has 0 heterocycles. The van der Waals surface area contributed by atoms with Crippen molar-refractivity contribution < 1.29 is 15.0 Å². The number of hydrogen-bond acceptors (Lipinski definition) is 3. The van der Waals surface area contributed by atoms with E-state index in [1.54, 1.807) is 12.1 Å². The van der Waals surface area contributed by atoms with E-state index >= 15 is 0 Å². The predicted molar refractivity (Wildman–Crippen MR) is 77.5 cm³/mol. The van der Waals surface area contributed by atoms with Gasteiger partial charge in [0.25, 0.3) is 0 Å². The van der Waals surface area contributed by atoms with Crippen LogP contribution in [0.1, 0.15) is 44.1 Å². The number of aromatic hydroxyl groups is 1. The largest absolute Gasteiger partial charge is 0.508 e. The number of para-hydroxylation sites is 1. The number of aliphatic hydroxyl groups excluding tert-OH is 1. The third kappa shape index (κ3) is 3.73. The highest BCUT2D eigenvalue weighted by atomic mass is 16.3. The molecule has 0 radical (unpaired) electrons.